The summed E-state index contributed by atoms with van der Waals surface area (Å²) in [6.45, 7) is 0.515. The first-order valence-corrected chi connectivity index (χ1v) is 7.20. The van der Waals surface area contributed by atoms with Crippen LogP contribution in [0.1, 0.15) is 15.9 Å². The lowest BCUT2D eigenvalue weighted by Gasteiger charge is -2.16. The van der Waals surface area contributed by atoms with E-state index >= 15 is 0 Å². The predicted octanol–water partition coefficient (Wildman–Crippen LogP) is 2.53. The molecule has 0 spiro atoms. The number of fused-ring (bicyclic) bond motifs is 1. The van der Waals surface area contributed by atoms with Gasteiger partial charge in [0.25, 0.3) is 11.7 Å². The minimum Gasteiger partial charge on any atom is -0.497 e. The molecule has 4 nitrogen and oxygen atoms in total. The van der Waals surface area contributed by atoms with Crippen LogP contribution >= 0.6 is 11.3 Å². The minimum absolute atomic E-state index is 0.430. The lowest BCUT2D eigenvalue weighted by molar-refractivity contribution is -0.114. The predicted molar refractivity (Wildman–Crippen MR) is 77.7 cm³/mol. The molecular weight excluding hydrogens is 274 g/mol. The zero-order chi connectivity index (χ0) is 14.1. The van der Waals surface area contributed by atoms with Gasteiger partial charge in [-0.15, -0.1) is 0 Å². The monoisotopic (exact) mass is 287 g/mol. The zero-order valence-corrected chi connectivity index (χ0v) is 11.8. The van der Waals surface area contributed by atoms with Crippen molar-refractivity contribution < 1.29 is 14.3 Å². The topological polar surface area (TPSA) is 46.6 Å². The van der Waals surface area contributed by atoms with Crippen molar-refractivity contribution in [1.82, 2.24) is 0 Å². The third-order valence-corrected chi connectivity index (χ3v) is 4.11. The van der Waals surface area contributed by atoms with E-state index in [1.165, 1.54) is 12.7 Å². The maximum absolute atomic E-state index is 12.1. The molecule has 2 heterocycles. The van der Waals surface area contributed by atoms with Crippen molar-refractivity contribution in [2.75, 3.05) is 18.6 Å². The number of rotatable bonds is 4. The number of thiophene rings is 1. The molecule has 1 aliphatic rings. The van der Waals surface area contributed by atoms with Crippen molar-refractivity contribution in [1.29, 1.82) is 0 Å². The summed E-state index contributed by atoms with van der Waals surface area (Å²) in [7, 11) is 1.54. The van der Waals surface area contributed by atoms with E-state index in [0.29, 0.717) is 23.5 Å². The molecule has 0 radical (unpaired) electrons. The highest BCUT2D eigenvalue weighted by atomic mass is 32.1. The van der Waals surface area contributed by atoms with E-state index in [1.54, 1.807) is 34.4 Å². The molecule has 3 rings (SSSR count). The second-order valence-corrected chi connectivity index (χ2v) is 5.33. The molecule has 0 aliphatic carbocycles. The summed E-state index contributed by atoms with van der Waals surface area (Å²) in [5.74, 6) is -0.322. The molecule has 2 aromatic rings. The number of methoxy groups -OCH3 is 1. The van der Waals surface area contributed by atoms with E-state index < -0.39 is 11.7 Å². The Hall–Kier alpha value is -2.14. The molecule has 0 unspecified atom stereocenters. The second-order valence-electron chi connectivity index (χ2n) is 4.55. The summed E-state index contributed by atoms with van der Waals surface area (Å²) in [6, 6.07) is 7.19. The molecule has 1 aromatic carbocycles. The SMILES string of the molecule is COc1ccc2c(c1)C(=O)C(=O)N2CCc1ccsc1. The average Bonchev–Trinajstić information content (AvgIpc) is 3.06. The summed E-state index contributed by atoms with van der Waals surface area (Å²) in [5, 5.41) is 4.06. The maximum atomic E-state index is 12.1. The van der Waals surface area contributed by atoms with Gasteiger partial charge in [-0.2, -0.15) is 11.3 Å². The van der Waals surface area contributed by atoms with Crippen LogP contribution in [0.3, 0.4) is 0 Å². The van der Waals surface area contributed by atoms with Crippen LogP contribution in [0.15, 0.2) is 35.0 Å². The normalized spacial score (nSPS) is 13.8. The average molecular weight is 287 g/mol. The van der Waals surface area contributed by atoms with E-state index in [0.717, 1.165) is 6.42 Å². The number of ether oxygens (including phenoxy) is 1. The number of carbonyl (C=O) groups is 2. The summed E-state index contributed by atoms with van der Waals surface area (Å²) in [6.07, 6.45) is 0.744. The Morgan fingerprint density at radius 2 is 2.10 bits per heavy atom. The van der Waals surface area contributed by atoms with E-state index in [9.17, 15) is 9.59 Å². The van der Waals surface area contributed by atoms with Crippen molar-refractivity contribution in [3.05, 3.63) is 46.2 Å². The number of hydrogen-bond acceptors (Lipinski definition) is 4. The number of ketones is 1. The molecule has 0 N–H and O–H groups in total. The number of hydrogen-bond donors (Lipinski definition) is 0. The van der Waals surface area contributed by atoms with E-state index in [4.69, 9.17) is 4.74 Å². The van der Waals surface area contributed by atoms with Crippen LogP contribution in [0.5, 0.6) is 5.75 Å². The molecule has 0 saturated heterocycles. The molecule has 0 fully saturated rings. The lowest BCUT2D eigenvalue weighted by Crippen LogP contribution is -2.31. The minimum atomic E-state index is -0.455. The highest BCUT2D eigenvalue weighted by Crippen LogP contribution is 2.32. The van der Waals surface area contributed by atoms with Crippen LogP contribution in [-0.4, -0.2) is 25.3 Å². The van der Waals surface area contributed by atoms with Crippen molar-refractivity contribution >= 4 is 28.7 Å². The molecule has 0 atom stereocenters. The van der Waals surface area contributed by atoms with Crippen molar-refractivity contribution in [3.63, 3.8) is 0 Å². The Labute approximate surface area is 120 Å². The number of benzene rings is 1. The van der Waals surface area contributed by atoms with Gasteiger partial charge in [0.05, 0.1) is 18.4 Å². The number of carbonyl (C=O) groups excluding carboxylic acids is 2. The molecule has 1 amide bonds. The van der Waals surface area contributed by atoms with Gasteiger partial charge in [-0.05, 0) is 47.0 Å². The number of nitrogens with zero attached hydrogens (tertiary/aromatic N) is 1. The Bertz CT molecular complexity index is 664. The Kier molecular flexibility index (Phi) is 3.28. The molecule has 1 aromatic heterocycles. The van der Waals surface area contributed by atoms with Crippen LogP contribution < -0.4 is 9.64 Å². The van der Waals surface area contributed by atoms with E-state index in [2.05, 4.69) is 5.38 Å². The largest absolute Gasteiger partial charge is 0.497 e. The van der Waals surface area contributed by atoms with Gasteiger partial charge in [-0.3, -0.25) is 9.59 Å². The van der Waals surface area contributed by atoms with Gasteiger partial charge in [0.1, 0.15) is 5.75 Å². The third-order valence-electron chi connectivity index (χ3n) is 3.38. The zero-order valence-electron chi connectivity index (χ0n) is 11.0. The fourth-order valence-corrected chi connectivity index (χ4v) is 3.01. The fraction of sp³-hybridized carbons (Fsp3) is 0.200. The fourth-order valence-electron chi connectivity index (χ4n) is 2.30. The quantitative estimate of drug-likeness (QED) is 0.812. The standard InChI is InChI=1S/C15H13NO3S/c1-19-11-2-3-13-12(8-11)14(17)15(18)16(13)6-4-10-5-7-20-9-10/h2-3,5,7-9H,4,6H2,1H3. The van der Waals surface area contributed by atoms with Crippen LogP contribution in [0.25, 0.3) is 0 Å². The van der Waals surface area contributed by atoms with Gasteiger partial charge in [-0.1, -0.05) is 0 Å². The van der Waals surface area contributed by atoms with Gasteiger partial charge in [0.15, 0.2) is 0 Å². The first-order valence-electron chi connectivity index (χ1n) is 6.26. The van der Waals surface area contributed by atoms with Crippen LogP contribution in [0.2, 0.25) is 0 Å². The van der Waals surface area contributed by atoms with Crippen LogP contribution in [0, 0.1) is 0 Å². The highest BCUT2D eigenvalue weighted by molar-refractivity contribution is 7.07. The lowest BCUT2D eigenvalue weighted by atomic mass is 10.1. The summed E-state index contributed by atoms with van der Waals surface area (Å²) >= 11 is 1.63. The first-order chi connectivity index (χ1) is 9.70. The molecule has 0 saturated carbocycles. The molecule has 102 valence electrons. The second kappa shape index (κ2) is 5.09. The van der Waals surface area contributed by atoms with Gasteiger partial charge >= 0.3 is 0 Å². The van der Waals surface area contributed by atoms with Gasteiger partial charge in [-0.25, -0.2) is 0 Å². The van der Waals surface area contributed by atoms with Crippen molar-refractivity contribution in [2.24, 2.45) is 0 Å². The van der Waals surface area contributed by atoms with E-state index in [-0.39, 0.29) is 0 Å². The molecule has 20 heavy (non-hydrogen) atoms. The smallest absolute Gasteiger partial charge is 0.299 e. The Morgan fingerprint density at radius 3 is 2.80 bits per heavy atom. The van der Waals surface area contributed by atoms with Crippen molar-refractivity contribution in [2.45, 2.75) is 6.42 Å². The number of Topliss-reactive ketones (excluding diaryl/α,β-unsaturated/α-hetero) is 1. The van der Waals surface area contributed by atoms with Gasteiger partial charge in [0.2, 0.25) is 0 Å². The van der Waals surface area contributed by atoms with Gasteiger partial charge in [0, 0.05) is 6.54 Å². The molecule has 5 heteroatoms. The third kappa shape index (κ3) is 2.10. The van der Waals surface area contributed by atoms with Gasteiger partial charge < -0.3 is 9.64 Å². The van der Waals surface area contributed by atoms with Crippen molar-refractivity contribution in [3.8, 4) is 5.75 Å². The summed E-state index contributed by atoms with van der Waals surface area (Å²) in [4.78, 5) is 25.6. The first kappa shape index (κ1) is 12.9. The molecule has 0 bridgehead atoms. The summed E-state index contributed by atoms with van der Waals surface area (Å²) in [5.41, 5.74) is 2.29. The number of anilines is 1. The Balaban J connectivity index is 1.86. The van der Waals surface area contributed by atoms with Crippen LogP contribution in [0.4, 0.5) is 5.69 Å². The maximum Gasteiger partial charge on any atom is 0.299 e. The van der Waals surface area contributed by atoms with E-state index in [1.807, 2.05) is 11.4 Å². The highest BCUT2D eigenvalue weighted by Gasteiger charge is 2.35. The van der Waals surface area contributed by atoms with Crippen LogP contribution in [-0.2, 0) is 11.2 Å². The molecule has 1 aliphatic heterocycles. The summed E-state index contributed by atoms with van der Waals surface area (Å²) < 4.78 is 5.10. The number of amides is 1. The molecular formula is C15H13NO3S. The Morgan fingerprint density at radius 1 is 1.25 bits per heavy atom.